The summed E-state index contributed by atoms with van der Waals surface area (Å²) in [4.78, 5) is 2.31. The first kappa shape index (κ1) is 30.8. The van der Waals surface area contributed by atoms with Crippen molar-refractivity contribution in [1.82, 2.24) is 0 Å². The van der Waals surface area contributed by atoms with Gasteiger partial charge in [-0.1, -0.05) is 90.5 Å². The standard InChI is InChI=1S/C40H41NO3/c1-5-40(42)44-31(4)28-43-39-26-14-33(15-27-39)11-10-32-12-22-37(23-13-32)41(36-20-8-30(3)9-21-36)38-24-18-35(19-25-38)34-16-6-29(2)7-17-34/h5-9,12-27,31,40,42H,1,10-11,28H2,2-4H3. The number of hydrogen-bond acceptors (Lipinski definition) is 4. The molecule has 0 amide bonds. The van der Waals surface area contributed by atoms with Crippen molar-refractivity contribution in [3.05, 3.63) is 156 Å². The van der Waals surface area contributed by atoms with E-state index in [0.717, 1.165) is 35.7 Å². The lowest BCUT2D eigenvalue weighted by atomic mass is 10.0. The van der Waals surface area contributed by atoms with Crippen molar-refractivity contribution in [3.8, 4) is 16.9 Å². The maximum absolute atomic E-state index is 9.52. The molecule has 0 heterocycles. The second-order valence-electron chi connectivity index (χ2n) is 11.3. The summed E-state index contributed by atoms with van der Waals surface area (Å²) in [6.45, 7) is 9.96. The van der Waals surface area contributed by atoms with Crippen LogP contribution in [0.1, 0.15) is 29.2 Å². The van der Waals surface area contributed by atoms with Crippen LogP contribution in [0.15, 0.2) is 134 Å². The molecule has 5 aromatic carbocycles. The Morgan fingerprint density at radius 3 is 1.55 bits per heavy atom. The Morgan fingerprint density at radius 2 is 1.05 bits per heavy atom. The maximum Gasteiger partial charge on any atom is 0.174 e. The monoisotopic (exact) mass is 583 g/mol. The van der Waals surface area contributed by atoms with Crippen molar-refractivity contribution in [2.45, 2.75) is 46.0 Å². The SMILES string of the molecule is C=CC(O)OC(C)COc1ccc(CCc2ccc(N(c3ccc(C)cc3)c3ccc(-c4ccc(C)cc4)cc3)cc2)cc1. The molecule has 2 atom stereocenters. The van der Waals surface area contributed by atoms with Crippen LogP contribution in [-0.4, -0.2) is 24.1 Å². The first-order valence-electron chi connectivity index (χ1n) is 15.2. The van der Waals surface area contributed by atoms with E-state index in [0.29, 0.717) is 6.61 Å². The van der Waals surface area contributed by atoms with Crippen LogP contribution in [0.4, 0.5) is 17.1 Å². The van der Waals surface area contributed by atoms with E-state index in [-0.39, 0.29) is 6.10 Å². The third kappa shape index (κ3) is 8.25. The molecule has 0 aliphatic carbocycles. The third-order valence-electron chi connectivity index (χ3n) is 7.68. The Labute approximate surface area is 261 Å². The van der Waals surface area contributed by atoms with E-state index in [1.165, 1.54) is 39.5 Å². The van der Waals surface area contributed by atoms with Crippen LogP contribution in [-0.2, 0) is 17.6 Å². The fourth-order valence-corrected chi connectivity index (χ4v) is 5.09. The number of benzene rings is 5. The zero-order chi connectivity index (χ0) is 30.9. The summed E-state index contributed by atoms with van der Waals surface area (Å²) in [5.74, 6) is 0.782. The zero-order valence-electron chi connectivity index (χ0n) is 25.8. The quantitative estimate of drug-likeness (QED) is 0.111. The number of aliphatic hydroxyl groups is 1. The van der Waals surface area contributed by atoms with Gasteiger partial charge in [-0.2, -0.15) is 0 Å². The largest absolute Gasteiger partial charge is 0.491 e. The molecule has 0 aromatic heterocycles. The van der Waals surface area contributed by atoms with Gasteiger partial charge in [0.1, 0.15) is 12.4 Å². The van der Waals surface area contributed by atoms with E-state index in [4.69, 9.17) is 9.47 Å². The minimum atomic E-state index is -0.980. The van der Waals surface area contributed by atoms with Gasteiger partial charge >= 0.3 is 0 Å². The van der Waals surface area contributed by atoms with Crippen LogP contribution in [0, 0.1) is 13.8 Å². The highest BCUT2D eigenvalue weighted by Crippen LogP contribution is 2.36. The Balaban J connectivity index is 1.25. The summed E-state index contributed by atoms with van der Waals surface area (Å²) in [6, 6.07) is 43.2. The molecule has 1 N–H and O–H groups in total. The first-order valence-corrected chi connectivity index (χ1v) is 15.2. The van der Waals surface area contributed by atoms with E-state index in [1.54, 1.807) is 0 Å². The molecule has 0 fully saturated rings. The fourth-order valence-electron chi connectivity index (χ4n) is 5.09. The first-order chi connectivity index (χ1) is 21.4. The van der Waals surface area contributed by atoms with Gasteiger partial charge < -0.3 is 19.5 Å². The number of rotatable bonds is 13. The van der Waals surface area contributed by atoms with Crippen molar-refractivity contribution in [2.24, 2.45) is 0 Å². The van der Waals surface area contributed by atoms with Crippen molar-refractivity contribution in [3.63, 3.8) is 0 Å². The lowest BCUT2D eigenvalue weighted by Gasteiger charge is -2.26. The van der Waals surface area contributed by atoms with Gasteiger partial charge in [-0.25, -0.2) is 0 Å². The van der Waals surface area contributed by atoms with Crippen LogP contribution in [0.2, 0.25) is 0 Å². The van der Waals surface area contributed by atoms with Gasteiger partial charge in [-0.15, -0.1) is 0 Å². The molecule has 4 nitrogen and oxygen atoms in total. The van der Waals surface area contributed by atoms with Crippen LogP contribution < -0.4 is 9.64 Å². The smallest absolute Gasteiger partial charge is 0.174 e. The Hall–Kier alpha value is -4.64. The second kappa shape index (κ2) is 14.7. The zero-order valence-corrected chi connectivity index (χ0v) is 25.8. The number of aryl methyl sites for hydroxylation is 4. The lowest BCUT2D eigenvalue weighted by Crippen LogP contribution is -2.23. The van der Waals surface area contributed by atoms with Crippen molar-refractivity contribution >= 4 is 17.1 Å². The molecular formula is C40H41NO3. The minimum absolute atomic E-state index is 0.245. The number of hydrogen-bond donors (Lipinski definition) is 1. The van der Waals surface area contributed by atoms with E-state index in [1.807, 2.05) is 19.1 Å². The summed E-state index contributed by atoms with van der Waals surface area (Å²) in [5, 5.41) is 9.52. The average molecular weight is 584 g/mol. The number of anilines is 3. The number of ether oxygens (including phenoxy) is 2. The number of aliphatic hydroxyl groups excluding tert-OH is 1. The van der Waals surface area contributed by atoms with Crippen molar-refractivity contribution in [1.29, 1.82) is 0 Å². The molecule has 0 aliphatic rings. The molecule has 0 bridgehead atoms. The van der Waals surface area contributed by atoms with Gasteiger partial charge in [0.2, 0.25) is 0 Å². The summed E-state index contributed by atoms with van der Waals surface area (Å²) >= 11 is 0. The normalized spacial score (nSPS) is 12.4. The predicted molar refractivity (Wildman–Crippen MR) is 182 cm³/mol. The third-order valence-corrected chi connectivity index (χ3v) is 7.68. The van der Waals surface area contributed by atoms with Crippen molar-refractivity contribution in [2.75, 3.05) is 11.5 Å². The Bertz CT molecular complexity index is 1610. The molecule has 0 aliphatic heterocycles. The van der Waals surface area contributed by atoms with Gasteiger partial charge in [-0.3, -0.25) is 0 Å². The summed E-state index contributed by atoms with van der Waals surface area (Å²) in [6.07, 6.45) is 2.01. The topological polar surface area (TPSA) is 41.9 Å². The van der Waals surface area contributed by atoms with Gasteiger partial charge in [0, 0.05) is 17.1 Å². The molecule has 0 saturated carbocycles. The molecule has 4 heteroatoms. The van der Waals surface area contributed by atoms with Gasteiger partial charge in [0.25, 0.3) is 0 Å². The van der Waals surface area contributed by atoms with Gasteiger partial charge in [-0.05, 0) is 110 Å². The molecule has 44 heavy (non-hydrogen) atoms. The van der Waals surface area contributed by atoms with Gasteiger partial charge in [0.05, 0.1) is 6.10 Å². The highest BCUT2D eigenvalue weighted by molar-refractivity contribution is 5.78. The fraction of sp³-hybridized carbons (Fsp3) is 0.200. The Kier molecular flexibility index (Phi) is 10.3. The maximum atomic E-state index is 9.52. The van der Waals surface area contributed by atoms with Crippen molar-refractivity contribution < 1.29 is 14.6 Å². The Morgan fingerprint density at radius 1 is 0.636 bits per heavy atom. The second-order valence-corrected chi connectivity index (χ2v) is 11.3. The molecule has 224 valence electrons. The molecule has 0 spiro atoms. The van der Waals surface area contributed by atoms with E-state index in [9.17, 15) is 5.11 Å². The molecule has 5 rings (SSSR count). The highest BCUT2D eigenvalue weighted by Gasteiger charge is 2.13. The highest BCUT2D eigenvalue weighted by atomic mass is 16.6. The van der Waals surface area contributed by atoms with Crippen LogP contribution in [0.3, 0.4) is 0 Å². The minimum Gasteiger partial charge on any atom is -0.491 e. The molecule has 0 radical (unpaired) electrons. The van der Waals surface area contributed by atoms with E-state index >= 15 is 0 Å². The van der Waals surface area contributed by atoms with Crippen LogP contribution in [0.25, 0.3) is 11.1 Å². The van der Waals surface area contributed by atoms with E-state index < -0.39 is 6.29 Å². The predicted octanol–water partition coefficient (Wildman–Crippen LogP) is 9.51. The van der Waals surface area contributed by atoms with Gasteiger partial charge in [0.15, 0.2) is 6.29 Å². The summed E-state index contributed by atoms with van der Waals surface area (Å²) in [7, 11) is 0. The summed E-state index contributed by atoms with van der Waals surface area (Å²) < 4.78 is 11.1. The molecule has 2 unspecified atom stereocenters. The lowest BCUT2D eigenvalue weighted by molar-refractivity contribution is -0.108. The van der Waals surface area contributed by atoms with Crippen LogP contribution >= 0.6 is 0 Å². The van der Waals surface area contributed by atoms with E-state index in [2.05, 4.69) is 135 Å². The molecule has 0 saturated heterocycles. The summed E-state index contributed by atoms with van der Waals surface area (Å²) in [5.41, 5.74) is 10.9. The average Bonchev–Trinajstić information content (AvgIpc) is 3.05. The number of nitrogens with zero attached hydrogens (tertiary/aromatic N) is 1. The molecular weight excluding hydrogens is 542 g/mol. The molecule has 5 aromatic rings. The van der Waals surface area contributed by atoms with Crippen LogP contribution in [0.5, 0.6) is 5.75 Å².